The fourth-order valence-corrected chi connectivity index (χ4v) is 4.66. The van der Waals surface area contributed by atoms with Gasteiger partial charge in [0, 0.05) is 48.7 Å². The summed E-state index contributed by atoms with van der Waals surface area (Å²) in [6.45, 7) is 6.05. The molecule has 146 valence electrons. The van der Waals surface area contributed by atoms with Crippen LogP contribution >= 0.6 is 11.3 Å². The van der Waals surface area contributed by atoms with Crippen LogP contribution in [0.2, 0.25) is 0 Å². The highest BCUT2D eigenvalue weighted by Gasteiger charge is 2.25. The van der Waals surface area contributed by atoms with Crippen molar-refractivity contribution < 1.29 is 0 Å². The summed E-state index contributed by atoms with van der Waals surface area (Å²) in [6, 6.07) is 19.0. The first-order valence-corrected chi connectivity index (χ1v) is 10.9. The summed E-state index contributed by atoms with van der Waals surface area (Å²) in [5.41, 5.74) is 3.13. The maximum atomic E-state index is 5.00. The molecule has 2 aromatic carbocycles. The Kier molecular flexibility index (Phi) is 4.96. The molecule has 0 spiro atoms. The van der Waals surface area contributed by atoms with Crippen molar-refractivity contribution >= 4 is 28.2 Å². The van der Waals surface area contributed by atoms with Crippen LogP contribution in [-0.2, 0) is 0 Å². The highest BCUT2D eigenvalue weighted by Crippen LogP contribution is 2.29. The number of hydrogen-bond acceptors (Lipinski definition) is 6. The summed E-state index contributed by atoms with van der Waals surface area (Å²) >= 11 is 1.73. The van der Waals surface area contributed by atoms with Crippen molar-refractivity contribution in [3.63, 3.8) is 0 Å². The number of rotatable bonds is 4. The largest absolute Gasteiger partial charge is 0.338 e. The number of anilines is 1. The van der Waals surface area contributed by atoms with E-state index in [2.05, 4.69) is 69.6 Å². The standard InChI is InChI=1S/C23H23N5S/c1-17(22-24-11-16-29-22)27-12-14-28(15-13-27)23-25-20-10-6-5-9-19(20)21(26-23)18-7-3-2-4-8-18/h2-11,16-17H,12-15H2,1H3. The van der Waals surface area contributed by atoms with Crippen LogP contribution in [0.15, 0.2) is 66.2 Å². The van der Waals surface area contributed by atoms with E-state index in [0.29, 0.717) is 6.04 Å². The number of thiazole rings is 1. The molecule has 29 heavy (non-hydrogen) atoms. The Bertz CT molecular complexity index is 1090. The van der Waals surface area contributed by atoms with Crippen molar-refractivity contribution in [3.05, 3.63) is 71.2 Å². The molecule has 0 N–H and O–H groups in total. The first kappa shape index (κ1) is 18.2. The quantitative estimate of drug-likeness (QED) is 0.499. The van der Waals surface area contributed by atoms with Gasteiger partial charge in [-0.2, -0.15) is 0 Å². The SMILES string of the molecule is CC(c1nccs1)N1CCN(c2nc(-c3ccccc3)c3ccccc3n2)CC1. The number of benzene rings is 2. The molecule has 4 aromatic rings. The molecular formula is C23H23N5S. The minimum atomic E-state index is 0.356. The van der Waals surface area contributed by atoms with Gasteiger partial charge in [0.05, 0.1) is 17.3 Å². The molecule has 3 heterocycles. The van der Waals surface area contributed by atoms with E-state index in [9.17, 15) is 0 Å². The normalized spacial score (nSPS) is 16.2. The van der Waals surface area contributed by atoms with Crippen LogP contribution in [0.25, 0.3) is 22.2 Å². The molecule has 6 heteroatoms. The molecule has 1 aliphatic rings. The van der Waals surface area contributed by atoms with Gasteiger partial charge in [0.2, 0.25) is 5.95 Å². The molecule has 0 bridgehead atoms. The van der Waals surface area contributed by atoms with Gasteiger partial charge >= 0.3 is 0 Å². The minimum Gasteiger partial charge on any atom is -0.338 e. The van der Waals surface area contributed by atoms with E-state index in [1.165, 1.54) is 5.01 Å². The molecule has 1 atom stereocenters. The van der Waals surface area contributed by atoms with Crippen LogP contribution in [0, 0.1) is 0 Å². The number of hydrogen-bond donors (Lipinski definition) is 0. The van der Waals surface area contributed by atoms with Crippen molar-refractivity contribution in [2.24, 2.45) is 0 Å². The second kappa shape index (κ2) is 7.89. The Labute approximate surface area is 174 Å². The van der Waals surface area contributed by atoms with Crippen LogP contribution in [0.5, 0.6) is 0 Å². The highest BCUT2D eigenvalue weighted by atomic mass is 32.1. The van der Waals surface area contributed by atoms with Crippen LogP contribution in [0.4, 0.5) is 5.95 Å². The molecule has 5 rings (SSSR count). The topological polar surface area (TPSA) is 45.2 Å². The summed E-state index contributed by atoms with van der Waals surface area (Å²) in [6.07, 6.45) is 1.89. The summed E-state index contributed by atoms with van der Waals surface area (Å²) in [4.78, 5) is 19.2. The Hall–Kier alpha value is -2.83. The molecule has 0 aliphatic carbocycles. The third-order valence-corrected chi connectivity index (χ3v) is 6.54. The molecule has 0 amide bonds. The van der Waals surface area contributed by atoms with Crippen LogP contribution in [-0.4, -0.2) is 46.0 Å². The van der Waals surface area contributed by atoms with Gasteiger partial charge in [-0.1, -0.05) is 48.5 Å². The third-order valence-electron chi connectivity index (χ3n) is 5.59. The Morgan fingerprint density at radius 2 is 1.66 bits per heavy atom. The lowest BCUT2D eigenvalue weighted by atomic mass is 10.1. The van der Waals surface area contributed by atoms with Gasteiger partial charge in [0.25, 0.3) is 0 Å². The molecule has 5 nitrogen and oxygen atoms in total. The van der Waals surface area contributed by atoms with Crippen molar-refractivity contribution in [1.29, 1.82) is 0 Å². The Balaban J connectivity index is 1.43. The van der Waals surface area contributed by atoms with Gasteiger partial charge in [0.15, 0.2) is 0 Å². The van der Waals surface area contributed by atoms with Crippen molar-refractivity contribution in [2.75, 3.05) is 31.1 Å². The molecule has 2 aromatic heterocycles. The van der Waals surface area contributed by atoms with Gasteiger partial charge in [-0.05, 0) is 13.0 Å². The summed E-state index contributed by atoms with van der Waals surface area (Å²) in [7, 11) is 0. The first-order chi connectivity index (χ1) is 14.3. The van der Waals surface area contributed by atoms with E-state index in [0.717, 1.165) is 54.3 Å². The third kappa shape index (κ3) is 3.61. The minimum absolute atomic E-state index is 0.356. The average molecular weight is 402 g/mol. The smallest absolute Gasteiger partial charge is 0.226 e. The van der Waals surface area contributed by atoms with Crippen LogP contribution in [0.1, 0.15) is 18.0 Å². The first-order valence-electron chi connectivity index (χ1n) is 10.0. The predicted molar refractivity (Wildman–Crippen MR) is 119 cm³/mol. The molecule has 0 saturated carbocycles. The number of para-hydroxylation sites is 1. The number of piperazine rings is 1. The lowest BCUT2D eigenvalue weighted by Gasteiger charge is -2.37. The summed E-state index contributed by atoms with van der Waals surface area (Å²) < 4.78 is 0. The fourth-order valence-electron chi connectivity index (χ4n) is 3.93. The van der Waals surface area contributed by atoms with E-state index in [1.807, 2.05) is 18.3 Å². The van der Waals surface area contributed by atoms with E-state index in [-0.39, 0.29) is 0 Å². The van der Waals surface area contributed by atoms with Crippen molar-refractivity contribution in [1.82, 2.24) is 19.9 Å². The zero-order chi connectivity index (χ0) is 19.6. The Morgan fingerprint density at radius 3 is 2.41 bits per heavy atom. The second-order valence-electron chi connectivity index (χ2n) is 7.32. The van der Waals surface area contributed by atoms with Gasteiger partial charge < -0.3 is 4.90 Å². The molecule has 0 radical (unpaired) electrons. The lowest BCUT2D eigenvalue weighted by Crippen LogP contribution is -2.47. The second-order valence-corrected chi connectivity index (χ2v) is 8.25. The molecule has 1 unspecified atom stereocenters. The van der Waals surface area contributed by atoms with Crippen LogP contribution in [0.3, 0.4) is 0 Å². The molecular weight excluding hydrogens is 378 g/mol. The Morgan fingerprint density at radius 1 is 0.897 bits per heavy atom. The summed E-state index contributed by atoms with van der Waals surface area (Å²) in [5, 5.41) is 4.33. The van der Waals surface area contributed by atoms with E-state index < -0.39 is 0 Å². The van der Waals surface area contributed by atoms with E-state index in [4.69, 9.17) is 9.97 Å². The van der Waals surface area contributed by atoms with Gasteiger partial charge in [-0.3, -0.25) is 4.90 Å². The monoisotopic (exact) mass is 401 g/mol. The molecule has 1 aliphatic heterocycles. The van der Waals surface area contributed by atoms with Gasteiger partial charge in [-0.25, -0.2) is 15.0 Å². The zero-order valence-corrected chi connectivity index (χ0v) is 17.2. The van der Waals surface area contributed by atoms with Gasteiger partial charge in [-0.15, -0.1) is 11.3 Å². The predicted octanol–water partition coefficient (Wildman–Crippen LogP) is 4.64. The zero-order valence-electron chi connectivity index (χ0n) is 16.4. The maximum Gasteiger partial charge on any atom is 0.226 e. The highest BCUT2D eigenvalue weighted by molar-refractivity contribution is 7.09. The fraction of sp³-hybridized carbons (Fsp3) is 0.261. The number of aromatic nitrogens is 3. The van der Waals surface area contributed by atoms with Crippen LogP contribution < -0.4 is 4.90 Å². The number of fused-ring (bicyclic) bond motifs is 1. The van der Waals surface area contributed by atoms with Gasteiger partial charge in [0.1, 0.15) is 5.01 Å². The van der Waals surface area contributed by atoms with Crippen molar-refractivity contribution in [2.45, 2.75) is 13.0 Å². The molecule has 1 fully saturated rings. The lowest BCUT2D eigenvalue weighted by molar-refractivity contribution is 0.197. The maximum absolute atomic E-state index is 5.00. The van der Waals surface area contributed by atoms with E-state index >= 15 is 0 Å². The summed E-state index contributed by atoms with van der Waals surface area (Å²) in [5.74, 6) is 0.823. The molecule has 1 saturated heterocycles. The average Bonchev–Trinajstić information content (AvgIpc) is 3.33. The van der Waals surface area contributed by atoms with E-state index in [1.54, 1.807) is 11.3 Å². The number of nitrogens with zero attached hydrogens (tertiary/aromatic N) is 5. The van der Waals surface area contributed by atoms with Crippen molar-refractivity contribution in [3.8, 4) is 11.3 Å².